The van der Waals surface area contributed by atoms with Gasteiger partial charge in [0.1, 0.15) is 0 Å². The largest absolute Gasteiger partial charge is 0.352 e. The van der Waals surface area contributed by atoms with E-state index in [9.17, 15) is 4.79 Å². The number of hydrogen-bond donors (Lipinski definition) is 2. The van der Waals surface area contributed by atoms with Gasteiger partial charge in [0, 0.05) is 39.6 Å². The van der Waals surface area contributed by atoms with Crippen molar-refractivity contribution in [2.45, 2.75) is 0 Å². The van der Waals surface area contributed by atoms with Crippen molar-refractivity contribution in [2.24, 2.45) is 0 Å². The van der Waals surface area contributed by atoms with E-state index in [1.807, 2.05) is 0 Å². The van der Waals surface area contributed by atoms with Gasteiger partial charge in [0.05, 0.1) is 4.47 Å². The smallest absolute Gasteiger partial charge is 0.316 e. The van der Waals surface area contributed by atoms with Crippen LogP contribution in [0.1, 0.15) is 0 Å². The Morgan fingerprint density at radius 1 is 1.38 bits per heavy atom. The summed E-state index contributed by atoms with van der Waals surface area (Å²) in [6.45, 7) is 1.11. The second kappa shape index (κ2) is 6.26. The van der Waals surface area contributed by atoms with Crippen LogP contribution in [0.2, 0.25) is 0 Å². The Hall–Kier alpha value is -1.37. The first-order chi connectivity index (χ1) is 7.59. The molecular weight excluding hydrogens is 274 g/mol. The number of urea groups is 1. The number of nitrogens with zero attached hydrogens (tertiary/aromatic N) is 3. The zero-order valence-electron chi connectivity index (χ0n) is 9.20. The van der Waals surface area contributed by atoms with Crippen molar-refractivity contribution in [3.05, 3.63) is 16.9 Å². The minimum absolute atomic E-state index is 0.112. The molecule has 0 atom stereocenters. The van der Waals surface area contributed by atoms with E-state index in [-0.39, 0.29) is 6.03 Å². The minimum Gasteiger partial charge on any atom is -0.352 e. The number of halogens is 1. The maximum Gasteiger partial charge on any atom is 0.316 e. The van der Waals surface area contributed by atoms with Crippen LogP contribution in [0.5, 0.6) is 0 Å². The van der Waals surface area contributed by atoms with Crippen LogP contribution in [0.25, 0.3) is 0 Å². The summed E-state index contributed by atoms with van der Waals surface area (Å²) in [5, 5.41) is 5.71. The van der Waals surface area contributed by atoms with Gasteiger partial charge in [-0.15, -0.1) is 0 Å². The fourth-order valence-corrected chi connectivity index (χ4v) is 1.11. The molecule has 2 N–H and O–H groups in total. The van der Waals surface area contributed by atoms with E-state index in [4.69, 9.17) is 0 Å². The SMILES string of the molecule is CN(C)C(=O)NCCNc1ncc(Br)cn1. The van der Waals surface area contributed by atoms with Gasteiger partial charge in [-0.1, -0.05) is 0 Å². The number of anilines is 1. The van der Waals surface area contributed by atoms with Crippen LogP contribution in [-0.4, -0.2) is 48.1 Å². The second-order valence-electron chi connectivity index (χ2n) is 3.28. The first kappa shape index (κ1) is 12.7. The standard InChI is InChI=1S/C9H14BrN5O/c1-15(2)9(16)12-4-3-11-8-13-5-7(10)6-14-8/h5-6H,3-4H2,1-2H3,(H,12,16)(H,11,13,14). The molecule has 16 heavy (non-hydrogen) atoms. The zero-order valence-corrected chi connectivity index (χ0v) is 10.8. The topological polar surface area (TPSA) is 70.2 Å². The fourth-order valence-electron chi connectivity index (χ4n) is 0.905. The summed E-state index contributed by atoms with van der Waals surface area (Å²) < 4.78 is 0.832. The van der Waals surface area contributed by atoms with Crippen molar-refractivity contribution < 1.29 is 4.79 Å². The molecule has 0 saturated carbocycles. The van der Waals surface area contributed by atoms with Crippen LogP contribution in [0.15, 0.2) is 16.9 Å². The molecule has 1 aromatic rings. The lowest BCUT2D eigenvalue weighted by molar-refractivity contribution is 0.218. The molecule has 1 heterocycles. The highest BCUT2D eigenvalue weighted by molar-refractivity contribution is 9.10. The van der Waals surface area contributed by atoms with E-state index < -0.39 is 0 Å². The number of hydrogen-bond acceptors (Lipinski definition) is 4. The van der Waals surface area contributed by atoms with E-state index in [1.165, 1.54) is 4.90 Å². The molecule has 0 aliphatic rings. The molecule has 0 unspecified atom stereocenters. The molecule has 0 aromatic carbocycles. The molecular formula is C9H14BrN5O. The van der Waals surface area contributed by atoms with E-state index in [0.717, 1.165) is 4.47 Å². The van der Waals surface area contributed by atoms with Gasteiger partial charge in [-0.2, -0.15) is 0 Å². The van der Waals surface area contributed by atoms with Gasteiger partial charge in [-0.3, -0.25) is 0 Å². The fraction of sp³-hybridized carbons (Fsp3) is 0.444. The van der Waals surface area contributed by atoms with Gasteiger partial charge >= 0.3 is 6.03 Å². The molecule has 0 bridgehead atoms. The van der Waals surface area contributed by atoms with Crippen molar-refractivity contribution in [1.82, 2.24) is 20.2 Å². The molecule has 0 fully saturated rings. The van der Waals surface area contributed by atoms with Crippen LogP contribution in [-0.2, 0) is 0 Å². The van der Waals surface area contributed by atoms with Gasteiger partial charge in [0.25, 0.3) is 0 Å². The Bertz CT molecular complexity index is 340. The lowest BCUT2D eigenvalue weighted by Crippen LogP contribution is -2.37. The van der Waals surface area contributed by atoms with Gasteiger partial charge in [-0.05, 0) is 15.9 Å². The number of nitrogens with one attached hydrogen (secondary N) is 2. The highest BCUT2D eigenvalue weighted by Gasteiger charge is 2.01. The van der Waals surface area contributed by atoms with Gasteiger partial charge < -0.3 is 15.5 Å². The molecule has 88 valence electrons. The van der Waals surface area contributed by atoms with Crippen LogP contribution in [0.4, 0.5) is 10.7 Å². The third-order valence-corrected chi connectivity index (χ3v) is 2.12. The van der Waals surface area contributed by atoms with Crippen LogP contribution >= 0.6 is 15.9 Å². The van der Waals surface area contributed by atoms with E-state index in [0.29, 0.717) is 19.0 Å². The van der Waals surface area contributed by atoms with Gasteiger partial charge in [-0.25, -0.2) is 14.8 Å². The van der Waals surface area contributed by atoms with Gasteiger partial charge in [0.15, 0.2) is 0 Å². The van der Waals surface area contributed by atoms with E-state index >= 15 is 0 Å². The summed E-state index contributed by atoms with van der Waals surface area (Å²) in [5.41, 5.74) is 0. The Kier molecular flexibility index (Phi) is 4.97. The third-order valence-electron chi connectivity index (χ3n) is 1.71. The monoisotopic (exact) mass is 287 g/mol. The Balaban J connectivity index is 2.21. The van der Waals surface area contributed by atoms with E-state index in [1.54, 1.807) is 26.5 Å². The first-order valence-electron chi connectivity index (χ1n) is 4.76. The average Bonchev–Trinajstić information content (AvgIpc) is 2.26. The molecule has 0 spiro atoms. The lowest BCUT2D eigenvalue weighted by atomic mass is 10.6. The van der Waals surface area contributed by atoms with Crippen molar-refractivity contribution in [3.63, 3.8) is 0 Å². The second-order valence-corrected chi connectivity index (χ2v) is 4.19. The summed E-state index contributed by atoms with van der Waals surface area (Å²) in [6, 6.07) is -0.112. The number of aromatic nitrogens is 2. The summed E-state index contributed by atoms with van der Waals surface area (Å²) in [5.74, 6) is 0.544. The predicted molar refractivity (Wildman–Crippen MR) is 65.3 cm³/mol. The lowest BCUT2D eigenvalue weighted by Gasteiger charge is -2.11. The molecule has 1 aromatic heterocycles. The number of carbonyl (C=O) groups excluding carboxylic acids is 1. The summed E-state index contributed by atoms with van der Waals surface area (Å²) in [4.78, 5) is 20.7. The molecule has 1 rings (SSSR count). The highest BCUT2D eigenvalue weighted by Crippen LogP contribution is 2.06. The Labute approximate surface area is 103 Å². The van der Waals surface area contributed by atoms with Crippen molar-refractivity contribution in [2.75, 3.05) is 32.5 Å². The quantitative estimate of drug-likeness (QED) is 0.808. The first-order valence-corrected chi connectivity index (χ1v) is 5.55. The molecule has 0 aliphatic carbocycles. The summed E-state index contributed by atoms with van der Waals surface area (Å²) >= 11 is 3.25. The predicted octanol–water partition coefficient (Wildman–Crippen LogP) is 0.922. The number of amides is 2. The molecule has 6 nitrogen and oxygen atoms in total. The summed E-state index contributed by atoms with van der Waals surface area (Å²) in [7, 11) is 3.39. The molecule has 0 aliphatic heterocycles. The van der Waals surface area contributed by atoms with Crippen molar-refractivity contribution in [1.29, 1.82) is 0 Å². The zero-order chi connectivity index (χ0) is 12.0. The number of carbonyl (C=O) groups is 1. The summed E-state index contributed by atoms with van der Waals surface area (Å²) in [6.07, 6.45) is 3.32. The van der Waals surface area contributed by atoms with E-state index in [2.05, 4.69) is 36.5 Å². The molecule has 0 saturated heterocycles. The highest BCUT2D eigenvalue weighted by atomic mass is 79.9. The van der Waals surface area contributed by atoms with Crippen molar-refractivity contribution >= 4 is 27.9 Å². The molecule has 2 amide bonds. The van der Waals surface area contributed by atoms with Crippen molar-refractivity contribution in [3.8, 4) is 0 Å². The third kappa shape index (κ3) is 4.43. The minimum atomic E-state index is -0.112. The normalized spacial score (nSPS) is 9.69. The van der Waals surface area contributed by atoms with Crippen LogP contribution in [0, 0.1) is 0 Å². The Morgan fingerprint density at radius 2 is 2.00 bits per heavy atom. The number of rotatable bonds is 4. The molecule has 7 heteroatoms. The maximum absolute atomic E-state index is 11.1. The molecule has 0 radical (unpaired) electrons. The maximum atomic E-state index is 11.1. The van der Waals surface area contributed by atoms with Crippen LogP contribution in [0.3, 0.4) is 0 Å². The Morgan fingerprint density at radius 3 is 2.56 bits per heavy atom. The van der Waals surface area contributed by atoms with Gasteiger partial charge in [0.2, 0.25) is 5.95 Å². The van der Waals surface area contributed by atoms with Crippen LogP contribution < -0.4 is 10.6 Å². The average molecular weight is 288 g/mol.